The Bertz CT molecular complexity index is 871. The molecule has 0 unspecified atom stereocenters. The van der Waals surface area contributed by atoms with Gasteiger partial charge in [-0.1, -0.05) is 6.92 Å². The molecule has 0 aliphatic carbocycles. The molecule has 30 heavy (non-hydrogen) atoms. The molecule has 2 heterocycles. The average Bonchev–Trinajstić information content (AvgIpc) is 3.15. The second-order valence-corrected chi connectivity index (χ2v) is 10.2. The van der Waals surface area contributed by atoms with E-state index in [0.717, 1.165) is 4.88 Å². The number of esters is 2. The van der Waals surface area contributed by atoms with Gasteiger partial charge >= 0.3 is 11.9 Å². The van der Waals surface area contributed by atoms with E-state index in [1.807, 2.05) is 6.92 Å². The number of rotatable bonds is 9. The maximum Gasteiger partial charge on any atom is 0.341 e. The van der Waals surface area contributed by atoms with E-state index in [-0.39, 0.29) is 31.0 Å². The Morgan fingerprint density at radius 3 is 2.40 bits per heavy atom. The van der Waals surface area contributed by atoms with E-state index in [1.54, 1.807) is 19.9 Å². The maximum atomic E-state index is 12.2. The van der Waals surface area contributed by atoms with E-state index >= 15 is 0 Å². The van der Waals surface area contributed by atoms with Gasteiger partial charge in [-0.05, 0) is 39.2 Å². The Morgan fingerprint density at radius 2 is 1.83 bits per heavy atom. The molecular weight excluding hydrogens is 432 g/mol. The number of carbonyl (C=O) groups is 3. The highest BCUT2D eigenvalue weighted by Crippen LogP contribution is 2.29. The van der Waals surface area contributed by atoms with E-state index in [2.05, 4.69) is 5.32 Å². The van der Waals surface area contributed by atoms with Crippen LogP contribution in [0.15, 0.2) is 6.07 Å². The van der Waals surface area contributed by atoms with Gasteiger partial charge in [0.25, 0.3) is 5.91 Å². The quantitative estimate of drug-likeness (QED) is 0.560. The van der Waals surface area contributed by atoms with Crippen LogP contribution in [0.2, 0.25) is 0 Å². The van der Waals surface area contributed by atoms with Gasteiger partial charge in [-0.2, -0.15) is 0 Å². The third-order valence-corrected chi connectivity index (χ3v) is 7.85. The Kier molecular flexibility index (Phi) is 8.80. The predicted molar refractivity (Wildman–Crippen MR) is 113 cm³/mol. The van der Waals surface area contributed by atoms with Crippen molar-refractivity contribution in [2.75, 3.05) is 37.4 Å². The number of nitrogens with one attached hydrogen (secondary N) is 1. The summed E-state index contributed by atoms with van der Waals surface area (Å²) < 4.78 is 35.3. The first-order chi connectivity index (χ1) is 14.2. The predicted octanol–water partition coefficient (Wildman–Crippen LogP) is 2.03. The van der Waals surface area contributed by atoms with Crippen LogP contribution in [0.5, 0.6) is 0 Å². The van der Waals surface area contributed by atoms with E-state index in [1.165, 1.54) is 15.6 Å². The second-order valence-electron chi connectivity index (χ2n) is 6.76. The summed E-state index contributed by atoms with van der Waals surface area (Å²) in [5.74, 6) is -2.01. The molecule has 0 radical (unpaired) electrons. The van der Waals surface area contributed by atoms with Gasteiger partial charge in [0, 0.05) is 18.0 Å². The van der Waals surface area contributed by atoms with Gasteiger partial charge in [0.15, 0.2) is 6.61 Å². The van der Waals surface area contributed by atoms with E-state index in [4.69, 9.17) is 9.47 Å². The SMILES string of the molecule is CCOC(=O)c1cc(CC)sc1NC(=O)COC(=O)C1CCN(S(=O)(=O)CC)CC1. The van der Waals surface area contributed by atoms with Gasteiger partial charge in [-0.3, -0.25) is 9.59 Å². The highest BCUT2D eigenvalue weighted by atomic mass is 32.2. The Balaban J connectivity index is 1.87. The molecule has 1 N–H and O–H groups in total. The fourth-order valence-corrected chi connectivity index (χ4v) is 5.17. The van der Waals surface area contributed by atoms with Gasteiger partial charge in [0.2, 0.25) is 10.0 Å². The van der Waals surface area contributed by atoms with Gasteiger partial charge < -0.3 is 14.8 Å². The van der Waals surface area contributed by atoms with Crippen molar-refractivity contribution in [3.8, 4) is 0 Å². The fourth-order valence-electron chi connectivity index (χ4n) is 3.04. The molecule has 1 amide bonds. The van der Waals surface area contributed by atoms with Gasteiger partial charge in [-0.15, -0.1) is 11.3 Å². The van der Waals surface area contributed by atoms with E-state index in [9.17, 15) is 22.8 Å². The lowest BCUT2D eigenvalue weighted by Gasteiger charge is -2.29. The van der Waals surface area contributed by atoms with Crippen LogP contribution < -0.4 is 5.32 Å². The highest BCUT2D eigenvalue weighted by molar-refractivity contribution is 7.89. The first-order valence-electron chi connectivity index (χ1n) is 9.95. The summed E-state index contributed by atoms with van der Waals surface area (Å²) in [6, 6.07) is 1.68. The molecular formula is C19H28N2O7S2. The molecule has 9 nitrogen and oxygen atoms in total. The lowest BCUT2D eigenvalue weighted by molar-refractivity contribution is -0.152. The summed E-state index contributed by atoms with van der Waals surface area (Å²) in [6.07, 6.45) is 1.42. The molecule has 1 fully saturated rings. The third-order valence-electron chi connectivity index (χ3n) is 4.77. The molecule has 1 aromatic heterocycles. The Morgan fingerprint density at radius 1 is 1.17 bits per heavy atom. The zero-order valence-corrected chi connectivity index (χ0v) is 19.1. The minimum atomic E-state index is -3.27. The van der Waals surface area contributed by atoms with Crippen molar-refractivity contribution in [2.24, 2.45) is 5.92 Å². The van der Waals surface area contributed by atoms with Gasteiger partial charge in [0.1, 0.15) is 5.00 Å². The number of sulfonamides is 1. The first kappa shape index (κ1) is 24.3. The van der Waals surface area contributed by atoms with Crippen LogP contribution in [0.3, 0.4) is 0 Å². The number of ether oxygens (including phenoxy) is 2. The number of amides is 1. The molecule has 11 heteroatoms. The van der Waals surface area contributed by atoms with Gasteiger partial charge in [0.05, 0.1) is 23.8 Å². The number of aryl methyl sites for hydroxylation is 1. The lowest BCUT2D eigenvalue weighted by Crippen LogP contribution is -2.41. The minimum Gasteiger partial charge on any atom is -0.462 e. The molecule has 1 aromatic rings. The Hall–Kier alpha value is -1.98. The van der Waals surface area contributed by atoms with Crippen LogP contribution in [0.25, 0.3) is 0 Å². The molecule has 168 valence electrons. The van der Waals surface area contributed by atoms with Crippen LogP contribution >= 0.6 is 11.3 Å². The number of thiophene rings is 1. The molecule has 0 spiro atoms. The number of nitrogens with zero attached hydrogens (tertiary/aromatic N) is 1. The summed E-state index contributed by atoms with van der Waals surface area (Å²) >= 11 is 1.27. The topological polar surface area (TPSA) is 119 Å². The Labute approximate surface area is 180 Å². The summed E-state index contributed by atoms with van der Waals surface area (Å²) in [6.45, 7) is 5.49. The second kappa shape index (κ2) is 10.9. The maximum absolute atomic E-state index is 12.2. The third kappa shape index (κ3) is 6.26. The van der Waals surface area contributed by atoms with Gasteiger partial charge in [-0.25, -0.2) is 17.5 Å². The zero-order valence-electron chi connectivity index (χ0n) is 17.4. The first-order valence-corrected chi connectivity index (χ1v) is 12.4. The van der Waals surface area contributed by atoms with E-state index in [0.29, 0.717) is 24.3 Å². The minimum absolute atomic E-state index is 0.0263. The molecule has 0 atom stereocenters. The largest absolute Gasteiger partial charge is 0.462 e. The van der Waals surface area contributed by atoms with Crippen molar-refractivity contribution >= 4 is 44.2 Å². The van der Waals surface area contributed by atoms with Crippen molar-refractivity contribution in [2.45, 2.75) is 40.0 Å². The summed E-state index contributed by atoms with van der Waals surface area (Å²) in [7, 11) is -3.27. The van der Waals surface area contributed by atoms with Crippen molar-refractivity contribution in [1.29, 1.82) is 0 Å². The molecule has 0 saturated carbocycles. The van der Waals surface area contributed by atoms with Crippen molar-refractivity contribution in [1.82, 2.24) is 4.31 Å². The normalized spacial score (nSPS) is 15.6. The van der Waals surface area contributed by atoms with Crippen molar-refractivity contribution < 1.29 is 32.3 Å². The van der Waals surface area contributed by atoms with Crippen LogP contribution in [0.4, 0.5) is 5.00 Å². The number of hydrogen-bond acceptors (Lipinski definition) is 8. The molecule has 0 bridgehead atoms. The fraction of sp³-hybridized carbons (Fsp3) is 0.632. The smallest absolute Gasteiger partial charge is 0.341 e. The average molecular weight is 461 g/mol. The molecule has 1 aliphatic heterocycles. The summed E-state index contributed by atoms with van der Waals surface area (Å²) in [5.41, 5.74) is 0.280. The summed E-state index contributed by atoms with van der Waals surface area (Å²) in [5, 5.41) is 2.98. The standard InChI is InChI=1S/C19H28N2O7S2/c1-4-14-11-15(19(24)27-5-2)17(29-14)20-16(22)12-28-18(23)13-7-9-21(10-8-13)30(25,26)6-3/h11,13H,4-10,12H2,1-3H3,(H,20,22). The summed E-state index contributed by atoms with van der Waals surface area (Å²) in [4.78, 5) is 37.5. The monoisotopic (exact) mass is 460 g/mol. The van der Waals surface area contributed by atoms with Crippen LogP contribution in [-0.2, 0) is 35.5 Å². The number of hydrogen-bond donors (Lipinski definition) is 1. The lowest BCUT2D eigenvalue weighted by atomic mass is 9.98. The van der Waals surface area contributed by atoms with Crippen molar-refractivity contribution in [3.63, 3.8) is 0 Å². The highest BCUT2D eigenvalue weighted by Gasteiger charge is 2.31. The van der Waals surface area contributed by atoms with Crippen LogP contribution in [0.1, 0.15) is 48.8 Å². The van der Waals surface area contributed by atoms with E-state index < -0.39 is 40.4 Å². The molecule has 1 saturated heterocycles. The molecule has 2 rings (SSSR count). The molecule has 0 aromatic carbocycles. The van der Waals surface area contributed by atoms with Crippen molar-refractivity contribution in [3.05, 3.63) is 16.5 Å². The number of anilines is 1. The zero-order chi connectivity index (χ0) is 22.3. The van der Waals surface area contributed by atoms with Crippen LogP contribution in [0, 0.1) is 5.92 Å². The molecule has 1 aliphatic rings. The van der Waals surface area contributed by atoms with Crippen LogP contribution in [-0.4, -0.2) is 62.6 Å². The number of piperidine rings is 1. The number of carbonyl (C=O) groups excluding carboxylic acids is 3.